The highest BCUT2D eigenvalue weighted by atomic mass is 19.2. The molecule has 0 radical (unpaired) electrons. The highest BCUT2D eigenvalue weighted by molar-refractivity contribution is 5.90. The van der Waals surface area contributed by atoms with Gasteiger partial charge in [0.05, 0.1) is 37.1 Å². The molecule has 2 saturated heterocycles. The van der Waals surface area contributed by atoms with Crippen molar-refractivity contribution in [3.63, 3.8) is 0 Å². The van der Waals surface area contributed by atoms with E-state index in [0.29, 0.717) is 68.9 Å². The van der Waals surface area contributed by atoms with Crippen molar-refractivity contribution in [2.24, 2.45) is 0 Å². The number of ether oxygens (including phenoxy) is 3. The molecule has 0 spiro atoms. The first-order valence-electron chi connectivity index (χ1n) is 14.2. The van der Waals surface area contributed by atoms with E-state index in [1.54, 1.807) is 17.9 Å². The number of nitrogens with one attached hydrogen (secondary N) is 2. The zero-order chi connectivity index (χ0) is 29.5. The maximum atomic E-state index is 14.1. The lowest BCUT2D eigenvalue weighted by Gasteiger charge is -2.26. The Hall–Kier alpha value is -3.58. The van der Waals surface area contributed by atoms with Gasteiger partial charge in [0.25, 0.3) is 0 Å². The first-order valence-corrected chi connectivity index (χ1v) is 14.2. The van der Waals surface area contributed by atoms with Gasteiger partial charge in [-0.05, 0) is 36.8 Å². The van der Waals surface area contributed by atoms with Crippen LogP contribution < -0.4 is 15.4 Å². The minimum Gasteiger partial charge on any atom is -0.475 e. The van der Waals surface area contributed by atoms with Crippen molar-refractivity contribution in [2.45, 2.75) is 18.9 Å². The summed E-state index contributed by atoms with van der Waals surface area (Å²) in [5, 5.41) is 10.7. The van der Waals surface area contributed by atoms with Crippen molar-refractivity contribution in [3.8, 4) is 11.6 Å². The number of methoxy groups -OCH3 is 1. The van der Waals surface area contributed by atoms with Gasteiger partial charge in [-0.1, -0.05) is 24.3 Å². The van der Waals surface area contributed by atoms with Gasteiger partial charge >= 0.3 is 6.03 Å². The average Bonchev–Trinajstić information content (AvgIpc) is 3.54. The van der Waals surface area contributed by atoms with Crippen LogP contribution in [0.1, 0.15) is 17.0 Å². The first kappa shape index (κ1) is 29.9. The minimum atomic E-state index is -0.908. The molecule has 3 aromatic rings. The Labute approximate surface area is 244 Å². The second-order valence-electron chi connectivity index (χ2n) is 10.6. The molecule has 10 nitrogen and oxygen atoms in total. The fraction of sp³-hybridized carbons (Fsp3) is 0.467. The van der Waals surface area contributed by atoms with Gasteiger partial charge in [0.1, 0.15) is 12.4 Å². The van der Waals surface area contributed by atoms with E-state index in [9.17, 15) is 13.6 Å². The molecule has 12 heteroatoms. The van der Waals surface area contributed by atoms with Crippen LogP contribution in [0.3, 0.4) is 0 Å². The second kappa shape index (κ2) is 14.1. The topological polar surface area (TPSA) is 93.1 Å². The third kappa shape index (κ3) is 7.24. The van der Waals surface area contributed by atoms with E-state index < -0.39 is 17.7 Å². The number of carbonyl (C=O) groups excluding carboxylic acids is 1. The van der Waals surface area contributed by atoms with Gasteiger partial charge < -0.3 is 19.5 Å². The highest BCUT2D eigenvalue weighted by Gasteiger charge is 2.35. The number of hydrogen-bond donors (Lipinski definition) is 2. The van der Waals surface area contributed by atoms with E-state index in [0.717, 1.165) is 31.4 Å². The van der Waals surface area contributed by atoms with Gasteiger partial charge in [-0.3, -0.25) is 15.1 Å². The number of rotatable bonds is 11. The average molecular weight is 585 g/mol. The fourth-order valence-corrected chi connectivity index (χ4v) is 5.44. The molecule has 2 aliphatic rings. The van der Waals surface area contributed by atoms with E-state index >= 15 is 0 Å². The van der Waals surface area contributed by atoms with Gasteiger partial charge in [-0.15, -0.1) is 5.10 Å². The van der Waals surface area contributed by atoms with Gasteiger partial charge in [0.15, 0.2) is 11.6 Å². The Morgan fingerprint density at radius 2 is 1.79 bits per heavy atom. The number of aromatic nitrogens is 2. The Balaban J connectivity index is 1.32. The van der Waals surface area contributed by atoms with Crippen LogP contribution >= 0.6 is 0 Å². The van der Waals surface area contributed by atoms with Gasteiger partial charge in [0, 0.05) is 52.3 Å². The van der Waals surface area contributed by atoms with Crippen LogP contribution in [0.4, 0.5) is 19.4 Å². The molecule has 2 atom stereocenters. The van der Waals surface area contributed by atoms with E-state index in [2.05, 4.69) is 25.5 Å². The quantitative estimate of drug-likeness (QED) is 0.357. The van der Waals surface area contributed by atoms with Crippen molar-refractivity contribution in [2.75, 3.05) is 78.1 Å². The number of para-hydroxylation sites is 1. The standard InChI is InChI=1S/C30H38F2N6O4/c1-21-28(38(23-6-4-3-5-7-23)35-29(21)42-17-13-36-11-15-41-16-12-36)34-30(39)33-27-20-37(10-14-40-2)19-24(27)22-8-9-25(31)26(32)18-22/h3-9,18,24,27H,10-17,19-20H2,1-2H3,(H2,33,34,39)/t24-,27+/m0/s1. The summed E-state index contributed by atoms with van der Waals surface area (Å²) in [6.45, 7) is 8.50. The molecular formula is C30H38F2N6O4. The molecule has 1 aromatic heterocycles. The summed E-state index contributed by atoms with van der Waals surface area (Å²) in [6.07, 6.45) is 0. The number of urea groups is 1. The molecule has 2 aromatic carbocycles. The first-order chi connectivity index (χ1) is 20.4. The lowest BCUT2D eigenvalue weighted by atomic mass is 9.94. The van der Waals surface area contributed by atoms with E-state index in [-0.39, 0.29) is 12.0 Å². The largest absolute Gasteiger partial charge is 0.475 e. The van der Waals surface area contributed by atoms with Crippen LogP contribution in [0.25, 0.3) is 5.69 Å². The van der Waals surface area contributed by atoms with Crippen LogP contribution in [0, 0.1) is 18.6 Å². The number of halogens is 2. The minimum absolute atomic E-state index is 0.234. The fourth-order valence-electron chi connectivity index (χ4n) is 5.44. The maximum Gasteiger partial charge on any atom is 0.320 e. The Kier molecular flexibility index (Phi) is 10.0. The SMILES string of the molecule is COCCN1C[C@@H](NC(=O)Nc2c(C)c(OCCN3CCOCC3)nn2-c2ccccc2)[C@H](c2ccc(F)c(F)c2)C1. The molecule has 5 rings (SSSR count). The maximum absolute atomic E-state index is 14.1. The Bertz CT molecular complexity index is 1330. The summed E-state index contributed by atoms with van der Waals surface area (Å²) in [4.78, 5) is 17.9. The molecule has 0 bridgehead atoms. The number of morpholine rings is 1. The number of carbonyl (C=O) groups is 1. The lowest BCUT2D eigenvalue weighted by Crippen LogP contribution is -2.42. The smallest absolute Gasteiger partial charge is 0.320 e. The molecule has 42 heavy (non-hydrogen) atoms. The summed E-state index contributed by atoms with van der Waals surface area (Å²) >= 11 is 0. The second-order valence-corrected chi connectivity index (χ2v) is 10.6. The van der Waals surface area contributed by atoms with E-state index in [4.69, 9.17) is 14.2 Å². The van der Waals surface area contributed by atoms with Crippen LogP contribution in [-0.4, -0.2) is 104 Å². The van der Waals surface area contributed by atoms with Crippen molar-refractivity contribution in [3.05, 3.63) is 71.3 Å². The molecule has 2 amide bonds. The van der Waals surface area contributed by atoms with Crippen LogP contribution in [-0.2, 0) is 9.47 Å². The molecule has 226 valence electrons. The zero-order valence-corrected chi connectivity index (χ0v) is 24.0. The summed E-state index contributed by atoms with van der Waals surface area (Å²) in [5.41, 5.74) is 2.09. The van der Waals surface area contributed by atoms with Crippen LogP contribution in [0.5, 0.6) is 5.88 Å². The van der Waals surface area contributed by atoms with Crippen molar-refractivity contribution in [1.29, 1.82) is 0 Å². The van der Waals surface area contributed by atoms with E-state index in [1.807, 2.05) is 37.3 Å². The normalized spacial score (nSPS) is 19.6. The molecule has 2 aliphatic heterocycles. The van der Waals surface area contributed by atoms with Crippen LogP contribution in [0.2, 0.25) is 0 Å². The van der Waals surface area contributed by atoms with Crippen LogP contribution in [0.15, 0.2) is 48.5 Å². The molecule has 2 fully saturated rings. The number of anilines is 1. The third-order valence-electron chi connectivity index (χ3n) is 7.76. The Morgan fingerprint density at radius 1 is 1.02 bits per heavy atom. The third-order valence-corrected chi connectivity index (χ3v) is 7.76. The van der Waals surface area contributed by atoms with Gasteiger partial charge in [-0.2, -0.15) is 0 Å². The molecular weight excluding hydrogens is 546 g/mol. The predicted molar refractivity (Wildman–Crippen MR) is 154 cm³/mol. The van der Waals surface area contributed by atoms with Gasteiger partial charge in [-0.25, -0.2) is 18.3 Å². The van der Waals surface area contributed by atoms with Crippen molar-refractivity contribution < 1.29 is 27.8 Å². The highest BCUT2D eigenvalue weighted by Crippen LogP contribution is 2.31. The van der Waals surface area contributed by atoms with Crippen molar-refractivity contribution in [1.82, 2.24) is 24.9 Å². The summed E-state index contributed by atoms with van der Waals surface area (Å²) in [5.74, 6) is -1.12. The molecule has 0 aliphatic carbocycles. The summed E-state index contributed by atoms with van der Waals surface area (Å²) < 4.78 is 46.2. The number of benzene rings is 2. The predicted octanol–water partition coefficient (Wildman–Crippen LogP) is 3.41. The lowest BCUT2D eigenvalue weighted by molar-refractivity contribution is 0.0319. The molecule has 3 heterocycles. The summed E-state index contributed by atoms with van der Waals surface area (Å²) in [7, 11) is 1.63. The van der Waals surface area contributed by atoms with E-state index in [1.165, 1.54) is 6.07 Å². The number of likely N-dealkylation sites (tertiary alicyclic amines) is 1. The molecule has 0 saturated carbocycles. The van der Waals surface area contributed by atoms with Gasteiger partial charge in [0.2, 0.25) is 5.88 Å². The van der Waals surface area contributed by atoms with Crippen molar-refractivity contribution >= 4 is 11.8 Å². The molecule has 0 unspecified atom stereocenters. The molecule has 2 N–H and O–H groups in total. The number of nitrogens with zero attached hydrogens (tertiary/aromatic N) is 4. The monoisotopic (exact) mass is 584 g/mol. The Morgan fingerprint density at radius 3 is 2.52 bits per heavy atom. The number of amides is 2. The number of hydrogen-bond acceptors (Lipinski definition) is 7. The zero-order valence-electron chi connectivity index (χ0n) is 24.0. The summed E-state index contributed by atoms with van der Waals surface area (Å²) in [6, 6.07) is 12.6.